The van der Waals surface area contributed by atoms with E-state index in [2.05, 4.69) is 15.0 Å². The molecule has 1 aromatic carbocycles. The van der Waals surface area contributed by atoms with Gasteiger partial charge in [0.1, 0.15) is 23.5 Å². The maximum atomic E-state index is 13.2. The van der Waals surface area contributed by atoms with Crippen molar-refractivity contribution in [1.82, 2.24) is 14.5 Å². The number of fused-ring (bicyclic) bond motifs is 1. The van der Waals surface area contributed by atoms with Crippen LogP contribution in [0.15, 0.2) is 35.7 Å². The lowest BCUT2D eigenvalue weighted by atomic mass is 10.1. The van der Waals surface area contributed by atoms with Gasteiger partial charge in [-0.2, -0.15) is 18.2 Å². The smallest absolute Gasteiger partial charge is 0.416 e. The average Bonchev–Trinajstić information content (AvgIpc) is 3.06. The molecule has 3 rings (SSSR count). The number of hydrogen-bond donors (Lipinski definition) is 1. The summed E-state index contributed by atoms with van der Waals surface area (Å²) in [5.41, 5.74) is -0.625. The summed E-state index contributed by atoms with van der Waals surface area (Å²) in [6.45, 7) is 3.86. The molecule has 0 spiro atoms. The number of aryl methyl sites for hydroxylation is 1. The molecule has 0 unspecified atom stereocenters. The molecule has 1 amide bonds. The lowest BCUT2D eigenvalue weighted by molar-refractivity contribution is -0.137. The summed E-state index contributed by atoms with van der Waals surface area (Å²) in [5, 5.41) is 9.43. The SMILES string of the molecule is CCCCn1c(=NC(=O)c2cc(C(F)(F)F)ccc2OC[C@H](C)O)sc2ncncc21. The number of amides is 1. The number of alkyl halides is 3. The van der Waals surface area contributed by atoms with Gasteiger partial charge in [-0.15, -0.1) is 0 Å². The summed E-state index contributed by atoms with van der Waals surface area (Å²) in [6.07, 6.45) is -0.792. The highest BCUT2D eigenvalue weighted by Gasteiger charge is 2.32. The number of rotatable bonds is 7. The number of ether oxygens (including phenoxy) is 1. The Morgan fingerprint density at radius 3 is 2.84 bits per heavy atom. The summed E-state index contributed by atoms with van der Waals surface area (Å²) in [7, 11) is 0. The number of carbonyl (C=O) groups is 1. The van der Waals surface area contributed by atoms with E-state index in [1.165, 1.54) is 13.3 Å². The molecule has 0 bridgehead atoms. The van der Waals surface area contributed by atoms with Crippen LogP contribution in [0.4, 0.5) is 13.2 Å². The molecule has 166 valence electrons. The van der Waals surface area contributed by atoms with Crippen LogP contribution in [0.1, 0.15) is 42.6 Å². The van der Waals surface area contributed by atoms with Crippen molar-refractivity contribution in [2.45, 2.75) is 45.5 Å². The second-order valence-electron chi connectivity index (χ2n) is 6.89. The Hall–Kier alpha value is -2.79. The fourth-order valence-electron chi connectivity index (χ4n) is 2.79. The minimum atomic E-state index is -4.63. The van der Waals surface area contributed by atoms with Crippen molar-refractivity contribution < 1.29 is 27.8 Å². The average molecular weight is 454 g/mol. The number of hydrogen-bond acceptors (Lipinski definition) is 6. The van der Waals surface area contributed by atoms with E-state index in [0.717, 1.165) is 36.3 Å². The highest BCUT2D eigenvalue weighted by molar-refractivity contribution is 7.15. The predicted octanol–water partition coefficient (Wildman–Crippen LogP) is 3.81. The van der Waals surface area contributed by atoms with Gasteiger partial charge >= 0.3 is 6.18 Å². The molecule has 0 fully saturated rings. The number of unbranched alkanes of at least 4 members (excludes halogenated alkanes) is 1. The van der Waals surface area contributed by atoms with Gasteiger partial charge < -0.3 is 14.4 Å². The van der Waals surface area contributed by atoms with E-state index in [1.54, 1.807) is 10.8 Å². The first-order valence-electron chi connectivity index (χ1n) is 9.61. The third-order valence-corrected chi connectivity index (χ3v) is 5.32. The first kappa shape index (κ1) is 22.9. The summed E-state index contributed by atoms with van der Waals surface area (Å²) >= 11 is 1.15. The second kappa shape index (κ2) is 9.56. The molecule has 0 radical (unpaired) electrons. The largest absolute Gasteiger partial charge is 0.490 e. The Bertz CT molecular complexity index is 1140. The van der Waals surface area contributed by atoms with E-state index in [9.17, 15) is 23.1 Å². The van der Waals surface area contributed by atoms with Gasteiger partial charge in [-0.3, -0.25) is 4.79 Å². The topological polar surface area (TPSA) is 89.6 Å². The summed E-state index contributed by atoms with van der Waals surface area (Å²) in [6, 6.07) is 2.60. The molecular formula is C20H21F3N4O3S. The first-order valence-corrected chi connectivity index (χ1v) is 10.4. The van der Waals surface area contributed by atoms with Crippen molar-refractivity contribution in [3.63, 3.8) is 0 Å². The van der Waals surface area contributed by atoms with Crippen LogP contribution in [0.3, 0.4) is 0 Å². The number of thiazole rings is 1. The van der Waals surface area contributed by atoms with Gasteiger partial charge in [-0.05, 0) is 31.5 Å². The van der Waals surface area contributed by atoms with E-state index in [0.29, 0.717) is 27.8 Å². The molecule has 1 atom stereocenters. The Morgan fingerprint density at radius 1 is 1.39 bits per heavy atom. The molecule has 3 aromatic rings. The Labute approximate surface area is 179 Å². The van der Waals surface area contributed by atoms with Crippen molar-refractivity contribution in [3.8, 4) is 5.75 Å². The molecule has 2 aromatic heterocycles. The molecule has 11 heteroatoms. The van der Waals surface area contributed by atoms with Crippen LogP contribution in [0.5, 0.6) is 5.75 Å². The normalized spacial score (nSPS) is 13.5. The van der Waals surface area contributed by atoms with Crippen LogP contribution in [0.2, 0.25) is 0 Å². The summed E-state index contributed by atoms with van der Waals surface area (Å²) < 4.78 is 46.8. The molecule has 0 saturated heterocycles. The van der Waals surface area contributed by atoms with Crippen LogP contribution < -0.4 is 9.54 Å². The maximum absolute atomic E-state index is 13.2. The monoisotopic (exact) mass is 454 g/mol. The van der Waals surface area contributed by atoms with E-state index >= 15 is 0 Å². The Morgan fingerprint density at radius 2 is 2.16 bits per heavy atom. The summed E-state index contributed by atoms with van der Waals surface area (Å²) in [4.78, 5) is 26.2. The predicted molar refractivity (Wildman–Crippen MR) is 109 cm³/mol. The maximum Gasteiger partial charge on any atom is 0.416 e. The van der Waals surface area contributed by atoms with Crippen molar-refractivity contribution >= 4 is 27.6 Å². The molecule has 0 aliphatic rings. The standard InChI is InChI=1S/C20H21F3N4O3S/c1-3-4-7-27-15-9-24-11-25-18(15)31-19(27)26-17(29)14-8-13(20(21,22)23)5-6-16(14)30-10-12(2)28/h5-6,8-9,11-12,28H,3-4,7,10H2,1-2H3/t12-/m0/s1. The fraction of sp³-hybridized carbons (Fsp3) is 0.400. The van der Waals surface area contributed by atoms with Gasteiger partial charge in [0.2, 0.25) is 0 Å². The minimum absolute atomic E-state index is 0.0799. The van der Waals surface area contributed by atoms with Gasteiger partial charge in [-0.1, -0.05) is 24.7 Å². The number of halogens is 3. The Kier molecular flexibility index (Phi) is 7.06. The van der Waals surface area contributed by atoms with Gasteiger partial charge in [0, 0.05) is 6.54 Å². The minimum Gasteiger partial charge on any atom is -0.490 e. The van der Waals surface area contributed by atoms with Crippen LogP contribution in [0, 0.1) is 0 Å². The van der Waals surface area contributed by atoms with Gasteiger partial charge in [0.25, 0.3) is 5.91 Å². The lowest BCUT2D eigenvalue weighted by Crippen LogP contribution is -2.19. The van der Waals surface area contributed by atoms with E-state index < -0.39 is 23.8 Å². The number of aromatic nitrogens is 3. The zero-order valence-electron chi connectivity index (χ0n) is 16.9. The molecule has 0 saturated carbocycles. The highest BCUT2D eigenvalue weighted by atomic mass is 32.1. The van der Waals surface area contributed by atoms with Crippen molar-refractivity contribution in [2.75, 3.05) is 6.61 Å². The van der Waals surface area contributed by atoms with Crippen LogP contribution >= 0.6 is 11.3 Å². The second-order valence-corrected chi connectivity index (χ2v) is 7.84. The van der Waals surface area contributed by atoms with Crippen molar-refractivity contribution in [3.05, 3.63) is 46.7 Å². The van der Waals surface area contributed by atoms with E-state index in [4.69, 9.17) is 4.74 Å². The van der Waals surface area contributed by atoms with Crippen molar-refractivity contribution in [2.24, 2.45) is 4.99 Å². The lowest BCUT2D eigenvalue weighted by Gasteiger charge is -2.13. The number of benzene rings is 1. The number of aliphatic hydroxyl groups is 1. The third kappa shape index (κ3) is 5.47. The fourth-order valence-corrected chi connectivity index (χ4v) is 3.76. The zero-order valence-corrected chi connectivity index (χ0v) is 17.7. The summed E-state index contributed by atoms with van der Waals surface area (Å²) in [5.74, 6) is -0.958. The number of carbonyl (C=O) groups excluding carboxylic acids is 1. The molecule has 0 aliphatic heterocycles. The van der Waals surface area contributed by atoms with Gasteiger partial charge in [-0.25, -0.2) is 9.97 Å². The van der Waals surface area contributed by atoms with E-state index in [1.807, 2.05) is 6.92 Å². The molecular weight excluding hydrogens is 433 g/mol. The van der Waals surface area contributed by atoms with Crippen LogP contribution in [-0.2, 0) is 12.7 Å². The van der Waals surface area contributed by atoms with Gasteiger partial charge in [0.05, 0.1) is 28.9 Å². The van der Waals surface area contributed by atoms with Crippen LogP contribution in [-0.4, -0.2) is 38.3 Å². The third-order valence-electron chi connectivity index (χ3n) is 4.32. The van der Waals surface area contributed by atoms with E-state index in [-0.39, 0.29) is 17.9 Å². The molecule has 2 heterocycles. The Balaban J connectivity index is 2.10. The molecule has 7 nitrogen and oxygen atoms in total. The molecule has 31 heavy (non-hydrogen) atoms. The number of aliphatic hydroxyl groups excluding tert-OH is 1. The first-order chi connectivity index (χ1) is 14.7. The molecule has 0 aliphatic carbocycles. The van der Waals surface area contributed by atoms with Gasteiger partial charge in [0.15, 0.2) is 4.80 Å². The highest BCUT2D eigenvalue weighted by Crippen LogP contribution is 2.33. The van der Waals surface area contributed by atoms with Crippen molar-refractivity contribution in [1.29, 1.82) is 0 Å². The quantitative estimate of drug-likeness (QED) is 0.586. The number of nitrogens with zero attached hydrogens (tertiary/aromatic N) is 4. The van der Waals surface area contributed by atoms with Crippen LogP contribution in [0.25, 0.3) is 10.3 Å². The zero-order chi connectivity index (χ0) is 22.6. The molecule has 1 N–H and O–H groups in total.